The van der Waals surface area contributed by atoms with E-state index in [1.165, 1.54) is 10.8 Å². The Kier molecular flexibility index (Phi) is 16.6. The van der Waals surface area contributed by atoms with Gasteiger partial charge in [0.05, 0.1) is 67.7 Å². The molecule has 1 aromatic carbocycles. The van der Waals surface area contributed by atoms with Crippen molar-refractivity contribution in [3.05, 3.63) is 53.9 Å². The van der Waals surface area contributed by atoms with Gasteiger partial charge in [-0.2, -0.15) is 13.2 Å². The summed E-state index contributed by atoms with van der Waals surface area (Å²) in [5.74, 6) is 0.698. The third kappa shape index (κ3) is 12.2. The highest BCUT2D eigenvalue weighted by Crippen LogP contribution is 2.44. The van der Waals surface area contributed by atoms with Crippen molar-refractivity contribution in [3.63, 3.8) is 0 Å². The summed E-state index contributed by atoms with van der Waals surface area (Å²) in [5.41, 5.74) is 6.64. The number of halogens is 3. The number of benzene rings is 1. The second-order valence-corrected chi connectivity index (χ2v) is 22.9. The minimum absolute atomic E-state index is 0.0157. The third-order valence-electron chi connectivity index (χ3n) is 16.3. The van der Waals surface area contributed by atoms with E-state index in [9.17, 15) is 14.4 Å². The summed E-state index contributed by atoms with van der Waals surface area (Å²) in [4.78, 5) is 59.6. The predicted molar refractivity (Wildman–Crippen MR) is 279 cm³/mol. The standard InChI is InChI=1S/C55H77F3N10O7/c1-9-63(7)26-36-12-13-66(27-36)50(34(2)3)52(70)62-45(53(71)68-39-18-37(19-39)24-60-68)22-48-61-46(30-75-48)38-10-11-47-42(20-38)44(23-54(5,6)32-74-33-69)51(67(47)31-55(56,57)58)43-21-40(25-59-49(43)35(4)72-8)64-14-16-65(17-15-64)41-28-73-29-41/h10-11,20-21,25,30,33-37,39,41,45,50,60H,9,12-19,22-24,26-29,31-32H2,1-8H3,(H,62,70). The van der Waals surface area contributed by atoms with Crippen LogP contribution in [0.25, 0.3) is 33.4 Å². The number of fused-ring (bicyclic) bond motifs is 3. The summed E-state index contributed by atoms with van der Waals surface area (Å²) in [6, 6.07) is 6.19. The molecule has 0 radical (unpaired) electrons. The molecule has 4 aromatic rings. The van der Waals surface area contributed by atoms with Gasteiger partial charge in [-0.3, -0.25) is 34.2 Å². The lowest BCUT2D eigenvalue weighted by Gasteiger charge is -2.50. The molecule has 75 heavy (non-hydrogen) atoms. The summed E-state index contributed by atoms with van der Waals surface area (Å²) in [6.45, 7) is 19.6. The molecular weight excluding hydrogens is 970 g/mol. The van der Waals surface area contributed by atoms with Crippen molar-refractivity contribution in [2.75, 3.05) is 97.8 Å². The van der Waals surface area contributed by atoms with Gasteiger partial charge in [-0.1, -0.05) is 40.7 Å². The van der Waals surface area contributed by atoms with Crippen LogP contribution in [0.4, 0.5) is 18.9 Å². The van der Waals surface area contributed by atoms with E-state index < -0.39 is 36.3 Å². The highest BCUT2D eigenvalue weighted by molar-refractivity contribution is 5.95. The van der Waals surface area contributed by atoms with Gasteiger partial charge >= 0.3 is 6.18 Å². The second kappa shape index (κ2) is 22.8. The van der Waals surface area contributed by atoms with Crippen molar-refractivity contribution in [1.29, 1.82) is 0 Å². The maximum Gasteiger partial charge on any atom is 0.406 e. The number of hydrogen-bond acceptors (Lipinski definition) is 14. The molecule has 3 aromatic heterocycles. The van der Waals surface area contributed by atoms with Crippen LogP contribution in [0, 0.1) is 23.2 Å². The summed E-state index contributed by atoms with van der Waals surface area (Å²) < 4.78 is 69.2. The topological polar surface area (TPSA) is 163 Å². The number of rotatable bonds is 22. The van der Waals surface area contributed by atoms with Crippen LogP contribution < -0.4 is 15.6 Å². The zero-order chi connectivity index (χ0) is 53.3. The van der Waals surface area contributed by atoms with Gasteiger partial charge in [0.1, 0.15) is 24.5 Å². The van der Waals surface area contributed by atoms with Crippen molar-refractivity contribution in [2.45, 2.75) is 117 Å². The van der Waals surface area contributed by atoms with Crippen LogP contribution >= 0.6 is 0 Å². The van der Waals surface area contributed by atoms with E-state index in [2.05, 4.69) is 44.3 Å². The average Bonchev–Trinajstić information content (AvgIpc) is 4.09. The molecule has 6 aliphatic rings. The molecule has 0 spiro atoms. The first-order valence-corrected chi connectivity index (χ1v) is 26.9. The third-order valence-corrected chi connectivity index (χ3v) is 16.3. The number of aromatic nitrogens is 3. The Hall–Kier alpha value is -5.12. The molecule has 20 heteroatoms. The van der Waals surface area contributed by atoms with Crippen molar-refractivity contribution < 1.29 is 46.2 Å². The number of carbonyl (C=O) groups excluding carboxylic acids is 3. The number of oxazole rings is 1. The number of methoxy groups -OCH3 is 1. The van der Waals surface area contributed by atoms with Crippen LogP contribution in [-0.2, 0) is 48.0 Å². The van der Waals surface area contributed by atoms with Crippen molar-refractivity contribution >= 4 is 34.9 Å². The molecule has 2 N–H and O–H groups in total. The number of piperazine rings is 1. The number of nitrogens with zero attached hydrogens (tertiary/aromatic N) is 8. The maximum atomic E-state index is 15.0. The molecule has 4 unspecified atom stereocenters. The summed E-state index contributed by atoms with van der Waals surface area (Å²) in [6.07, 6.45) is 1.07. The number of hydrazine groups is 1. The SMILES string of the molecule is CCN(C)CC1CCN(C(C(=O)NC(Cc2nc(-c3ccc4c(c3)c(CC(C)(C)COC=O)c(-c3cc(N5CCN(C6COC6)CC5)cnc3C(C)OC)n4CC(F)(F)F)co2)C(=O)N2NCC3CC2C3)C(C)C)C1. The fourth-order valence-corrected chi connectivity index (χ4v) is 12.0. The Balaban J connectivity index is 1.08. The molecule has 4 atom stereocenters. The number of pyridine rings is 1. The second-order valence-electron chi connectivity index (χ2n) is 22.9. The predicted octanol–water partition coefficient (Wildman–Crippen LogP) is 6.34. The van der Waals surface area contributed by atoms with Crippen LogP contribution in [0.1, 0.15) is 84.1 Å². The number of alkyl halides is 3. The number of ether oxygens (including phenoxy) is 3. The summed E-state index contributed by atoms with van der Waals surface area (Å²) in [5, 5.41) is 5.40. The van der Waals surface area contributed by atoms with Gasteiger partial charge in [0, 0.05) is 86.4 Å². The molecule has 1 saturated carbocycles. The van der Waals surface area contributed by atoms with Gasteiger partial charge < -0.3 is 38.3 Å². The lowest BCUT2D eigenvalue weighted by Crippen LogP contribution is -2.66. The number of nitrogens with one attached hydrogen (secondary N) is 2. The Morgan fingerprint density at radius 1 is 1.05 bits per heavy atom. The van der Waals surface area contributed by atoms with Crippen molar-refractivity contribution in [3.8, 4) is 22.5 Å². The number of amides is 2. The van der Waals surface area contributed by atoms with Crippen LogP contribution in [-0.4, -0.2) is 176 Å². The zero-order valence-corrected chi connectivity index (χ0v) is 45.0. The first-order chi connectivity index (χ1) is 35.8. The highest BCUT2D eigenvalue weighted by atomic mass is 19.4. The van der Waals surface area contributed by atoms with E-state index in [4.69, 9.17) is 28.6 Å². The van der Waals surface area contributed by atoms with E-state index in [1.807, 2.05) is 46.8 Å². The van der Waals surface area contributed by atoms with Gasteiger partial charge in [0.15, 0.2) is 5.89 Å². The quantitative estimate of drug-likeness (QED) is 0.0839. The van der Waals surface area contributed by atoms with Crippen molar-refractivity contribution in [2.24, 2.45) is 23.2 Å². The molecule has 8 heterocycles. The molecule has 5 saturated heterocycles. The lowest BCUT2D eigenvalue weighted by atomic mass is 9.78. The Morgan fingerprint density at radius 2 is 1.81 bits per heavy atom. The van der Waals surface area contributed by atoms with E-state index in [-0.39, 0.29) is 49.1 Å². The van der Waals surface area contributed by atoms with Gasteiger partial charge in [-0.05, 0) is 94.3 Å². The van der Waals surface area contributed by atoms with Gasteiger partial charge in [-0.15, -0.1) is 0 Å². The molecule has 5 aliphatic heterocycles. The minimum atomic E-state index is -4.61. The van der Waals surface area contributed by atoms with Gasteiger partial charge in [0.25, 0.3) is 12.4 Å². The normalized spacial score (nSPS) is 22.1. The molecule has 1 aliphatic carbocycles. The molecule has 2 amide bonds. The number of hydrogen-bond donors (Lipinski definition) is 2. The van der Waals surface area contributed by atoms with Crippen LogP contribution in [0.2, 0.25) is 0 Å². The van der Waals surface area contributed by atoms with Crippen LogP contribution in [0.5, 0.6) is 0 Å². The number of anilines is 1. The van der Waals surface area contributed by atoms with Gasteiger partial charge in [0.2, 0.25) is 5.91 Å². The maximum absolute atomic E-state index is 15.0. The van der Waals surface area contributed by atoms with Crippen molar-refractivity contribution in [1.82, 2.24) is 45.0 Å². The minimum Gasteiger partial charge on any atom is -0.467 e. The van der Waals surface area contributed by atoms with Crippen LogP contribution in [0.15, 0.2) is 41.1 Å². The largest absolute Gasteiger partial charge is 0.467 e. The van der Waals surface area contributed by atoms with E-state index in [1.54, 1.807) is 30.4 Å². The van der Waals surface area contributed by atoms with E-state index in [0.717, 1.165) is 64.2 Å². The molecule has 17 nitrogen and oxygen atoms in total. The molecule has 6 fully saturated rings. The Bertz CT molecular complexity index is 2640. The van der Waals surface area contributed by atoms with E-state index >= 15 is 13.2 Å². The molecular formula is C55H77F3N10O7. The molecule has 410 valence electrons. The number of likely N-dealkylation sites (tertiary alicyclic amines) is 1. The monoisotopic (exact) mass is 1050 g/mol. The molecule has 10 rings (SSSR count). The Morgan fingerprint density at radius 3 is 2.45 bits per heavy atom. The fraction of sp³-hybridized carbons (Fsp3) is 0.655. The smallest absolute Gasteiger partial charge is 0.406 e. The van der Waals surface area contributed by atoms with Crippen LogP contribution in [0.3, 0.4) is 0 Å². The van der Waals surface area contributed by atoms with Gasteiger partial charge in [-0.25, -0.2) is 10.4 Å². The molecule has 2 bridgehead atoms. The number of carbonyl (C=O) groups is 3. The summed E-state index contributed by atoms with van der Waals surface area (Å²) >= 11 is 0. The highest BCUT2D eigenvalue weighted by Gasteiger charge is 2.45. The first-order valence-electron chi connectivity index (χ1n) is 26.9. The first kappa shape index (κ1) is 54.7. The average molecular weight is 1050 g/mol. The fourth-order valence-electron chi connectivity index (χ4n) is 12.0. The lowest BCUT2D eigenvalue weighted by molar-refractivity contribution is -0.151. The zero-order valence-electron chi connectivity index (χ0n) is 45.0. The summed E-state index contributed by atoms with van der Waals surface area (Å²) in [7, 11) is 3.67. The van der Waals surface area contributed by atoms with E-state index in [0.29, 0.717) is 102 Å². The Labute approximate surface area is 438 Å².